The number of carboxylic acids is 1. The summed E-state index contributed by atoms with van der Waals surface area (Å²) in [4.78, 5) is 10.1. The lowest BCUT2D eigenvalue weighted by Crippen LogP contribution is -1.85. The van der Waals surface area contributed by atoms with Crippen molar-refractivity contribution in [2.24, 2.45) is 0 Å². The van der Waals surface area contributed by atoms with E-state index in [0.29, 0.717) is 0 Å². The van der Waals surface area contributed by atoms with Crippen molar-refractivity contribution in [1.29, 1.82) is 0 Å². The molecular weight excluding hydrogens is 188 g/mol. The van der Waals surface area contributed by atoms with Crippen LogP contribution in [0.15, 0.2) is 61.7 Å². The summed E-state index contributed by atoms with van der Waals surface area (Å²) in [6.45, 7) is 6.72. The molecule has 0 radical (unpaired) electrons. The SMILES string of the molecule is C=CC=C.O=C(O)C=Cc1ccccc1. The number of hydrogen-bond acceptors (Lipinski definition) is 1. The summed E-state index contributed by atoms with van der Waals surface area (Å²) in [6.07, 6.45) is 5.96. The number of allylic oxidation sites excluding steroid dienone is 2. The smallest absolute Gasteiger partial charge is 0.328 e. The van der Waals surface area contributed by atoms with Gasteiger partial charge in [-0.15, -0.1) is 0 Å². The molecule has 0 unspecified atom stereocenters. The standard InChI is InChI=1S/C9H8O2.C4H6/c10-9(11)7-6-8-4-2-1-3-5-8;1-3-4-2/h1-7H,(H,10,11);3-4H,1-2H2. The van der Waals surface area contributed by atoms with Crippen molar-refractivity contribution in [2.45, 2.75) is 0 Å². The van der Waals surface area contributed by atoms with Gasteiger partial charge in [0.05, 0.1) is 0 Å². The van der Waals surface area contributed by atoms with E-state index in [9.17, 15) is 4.79 Å². The molecular formula is C13H14O2. The summed E-state index contributed by atoms with van der Waals surface area (Å²) in [5.41, 5.74) is 0.898. The first-order valence-corrected chi connectivity index (χ1v) is 4.40. The molecule has 0 saturated heterocycles. The van der Waals surface area contributed by atoms with Gasteiger partial charge < -0.3 is 5.11 Å². The lowest BCUT2D eigenvalue weighted by atomic mass is 10.2. The third-order valence-corrected chi connectivity index (χ3v) is 1.38. The van der Waals surface area contributed by atoms with Crippen molar-refractivity contribution in [3.05, 3.63) is 67.3 Å². The molecule has 0 saturated carbocycles. The zero-order valence-corrected chi connectivity index (χ0v) is 8.47. The van der Waals surface area contributed by atoms with E-state index in [0.717, 1.165) is 11.6 Å². The highest BCUT2D eigenvalue weighted by atomic mass is 16.4. The second kappa shape index (κ2) is 8.51. The van der Waals surface area contributed by atoms with E-state index in [4.69, 9.17) is 5.11 Å². The van der Waals surface area contributed by atoms with Gasteiger partial charge in [-0.1, -0.05) is 55.6 Å². The van der Waals surface area contributed by atoms with Crippen molar-refractivity contribution in [1.82, 2.24) is 0 Å². The van der Waals surface area contributed by atoms with Crippen LogP contribution >= 0.6 is 0 Å². The van der Waals surface area contributed by atoms with E-state index in [1.54, 1.807) is 18.2 Å². The van der Waals surface area contributed by atoms with Crippen LogP contribution in [0.4, 0.5) is 0 Å². The Morgan fingerprint density at radius 3 is 2.07 bits per heavy atom. The fourth-order valence-corrected chi connectivity index (χ4v) is 0.732. The van der Waals surface area contributed by atoms with Crippen LogP contribution in [-0.2, 0) is 4.79 Å². The van der Waals surface area contributed by atoms with Gasteiger partial charge >= 0.3 is 5.97 Å². The molecule has 1 aromatic rings. The minimum Gasteiger partial charge on any atom is -0.478 e. The lowest BCUT2D eigenvalue weighted by Gasteiger charge is -1.87. The zero-order valence-electron chi connectivity index (χ0n) is 8.47. The van der Waals surface area contributed by atoms with E-state index in [2.05, 4.69) is 13.2 Å². The average Bonchev–Trinajstić information content (AvgIpc) is 2.28. The van der Waals surface area contributed by atoms with Crippen LogP contribution in [0.5, 0.6) is 0 Å². The van der Waals surface area contributed by atoms with Crippen molar-refractivity contribution >= 4 is 12.0 Å². The fourth-order valence-electron chi connectivity index (χ4n) is 0.732. The van der Waals surface area contributed by atoms with Gasteiger partial charge in [0, 0.05) is 6.08 Å². The third kappa shape index (κ3) is 8.25. The highest BCUT2D eigenvalue weighted by molar-refractivity contribution is 5.85. The Kier molecular flexibility index (Phi) is 7.32. The predicted molar refractivity (Wildman–Crippen MR) is 63.5 cm³/mol. The average molecular weight is 202 g/mol. The number of carboxylic acid groups (broad SMARTS) is 1. The lowest BCUT2D eigenvalue weighted by molar-refractivity contribution is -0.131. The van der Waals surface area contributed by atoms with Gasteiger partial charge in [0.15, 0.2) is 0 Å². The van der Waals surface area contributed by atoms with Crippen LogP contribution in [0.1, 0.15) is 5.56 Å². The minimum absolute atomic E-state index is 0.898. The van der Waals surface area contributed by atoms with Crippen molar-refractivity contribution < 1.29 is 9.90 Å². The Bertz CT molecular complexity index is 331. The Labute approximate surface area is 89.9 Å². The first-order valence-electron chi connectivity index (χ1n) is 4.40. The molecule has 0 spiro atoms. The molecule has 1 rings (SSSR count). The van der Waals surface area contributed by atoms with Crippen LogP contribution in [0.3, 0.4) is 0 Å². The summed E-state index contributed by atoms with van der Waals surface area (Å²) in [5.74, 6) is -0.922. The van der Waals surface area contributed by atoms with Gasteiger partial charge in [-0.3, -0.25) is 0 Å². The second-order valence-corrected chi connectivity index (χ2v) is 2.55. The van der Waals surface area contributed by atoms with E-state index < -0.39 is 5.97 Å². The maximum atomic E-state index is 10.1. The molecule has 0 aliphatic heterocycles. The number of benzene rings is 1. The first-order chi connectivity index (χ1) is 7.20. The molecule has 15 heavy (non-hydrogen) atoms. The van der Waals surface area contributed by atoms with E-state index in [1.807, 2.05) is 30.3 Å². The van der Waals surface area contributed by atoms with Crippen molar-refractivity contribution in [3.63, 3.8) is 0 Å². The van der Waals surface area contributed by atoms with Crippen LogP contribution in [0.25, 0.3) is 6.08 Å². The minimum atomic E-state index is -0.922. The molecule has 0 atom stereocenters. The summed E-state index contributed by atoms with van der Waals surface area (Å²) < 4.78 is 0. The molecule has 0 heterocycles. The van der Waals surface area contributed by atoms with Crippen molar-refractivity contribution in [3.8, 4) is 0 Å². The topological polar surface area (TPSA) is 37.3 Å². The van der Waals surface area contributed by atoms with Gasteiger partial charge in [0.1, 0.15) is 0 Å². The highest BCUT2D eigenvalue weighted by Crippen LogP contribution is 1.99. The van der Waals surface area contributed by atoms with E-state index in [1.165, 1.54) is 0 Å². The molecule has 0 amide bonds. The highest BCUT2D eigenvalue weighted by Gasteiger charge is 1.85. The van der Waals surface area contributed by atoms with E-state index >= 15 is 0 Å². The summed E-state index contributed by atoms with van der Waals surface area (Å²) in [7, 11) is 0. The molecule has 2 nitrogen and oxygen atoms in total. The molecule has 0 aliphatic rings. The molecule has 1 N–H and O–H groups in total. The van der Waals surface area contributed by atoms with Gasteiger partial charge in [-0.25, -0.2) is 4.79 Å². The molecule has 2 heteroatoms. The molecule has 0 aromatic heterocycles. The van der Waals surface area contributed by atoms with E-state index in [-0.39, 0.29) is 0 Å². The monoisotopic (exact) mass is 202 g/mol. The maximum Gasteiger partial charge on any atom is 0.328 e. The summed E-state index contributed by atoms with van der Waals surface area (Å²) in [5, 5.41) is 8.29. The number of hydrogen-bond donors (Lipinski definition) is 1. The quantitative estimate of drug-likeness (QED) is 0.604. The van der Waals surface area contributed by atoms with Crippen molar-refractivity contribution in [2.75, 3.05) is 0 Å². The Morgan fingerprint density at radius 2 is 1.67 bits per heavy atom. The Hall–Kier alpha value is -2.09. The number of carbonyl (C=O) groups is 1. The van der Waals surface area contributed by atoms with Crippen LogP contribution in [0, 0.1) is 0 Å². The van der Waals surface area contributed by atoms with Crippen LogP contribution in [-0.4, -0.2) is 11.1 Å². The molecule has 1 aromatic carbocycles. The fraction of sp³-hybridized carbons (Fsp3) is 0. The molecule has 0 bridgehead atoms. The van der Waals surface area contributed by atoms with Gasteiger partial charge in [0.25, 0.3) is 0 Å². The maximum absolute atomic E-state index is 10.1. The summed E-state index contributed by atoms with van der Waals surface area (Å²) in [6, 6.07) is 9.31. The third-order valence-electron chi connectivity index (χ3n) is 1.38. The second-order valence-electron chi connectivity index (χ2n) is 2.55. The van der Waals surface area contributed by atoms with Gasteiger partial charge in [-0.2, -0.15) is 0 Å². The van der Waals surface area contributed by atoms with Gasteiger partial charge in [-0.05, 0) is 11.6 Å². The molecule has 0 aliphatic carbocycles. The van der Waals surface area contributed by atoms with Crippen LogP contribution < -0.4 is 0 Å². The largest absolute Gasteiger partial charge is 0.478 e. The molecule has 78 valence electrons. The normalized spacial score (nSPS) is 8.80. The first kappa shape index (κ1) is 12.9. The van der Waals surface area contributed by atoms with Gasteiger partial charge in [0.2, 0.25) is 0 Å². The Morgan fingerprint density at radius 1 is 1.13 bits per heavy atom. The predicted octanol–water partition coefficient (Wildman–Crippen LogP) is 3.14. The Balaban J connectivity index is 0.000000423. The molecule has 0 fully saturated rings. The zero-order chi connectivity index (χ0) is 11.5. The number of aliphatic carboxylic acids is 1. The van der Waals surface area contributed by atoms with Crippen LogP contribution in [0.2, 0.25) is 0 Å². The number of rotatable bonds is 3. The summed E-state index contributed by atoms with van der Waals surface area (Å²) >= 11 is 0.